The summed E-state index contributed by atoms with van der Waals surface area (Å²) in [4.78, 5) is 29.2. The molecule has 0 saturated carbocycles. The van der Waals surface area contributed by atoms with Crippen LogP contribution in [0.3, 0.4) is 0 Å². The summed E-state index contributed by atoms with van der Waals surface area (Å²) in [5.41, 5.74) is 2.66. The fourth-order valence-electron chi connectivity index (χ4n) is 3.97. The molecule has 1 N–H and O–H groups in total. The maximum atomic E-state index is 13.3. The van der Waals surface area contributed by atoms with Crippen molar-refractivity contribution in [3.63, 3.8) is 0 Å². The Hall–Kier alpha value is -2.50. The van der Waals surface area contributed by atoms with Gasteiger partial charge >= 0.3 is 0 Å². The molecule has 134 valence electrons. The molecule has 2 aromatic carbocycles. The van der Waals surface area contributed by atoms with Crippen molar-refractivity contribution >= 4 is 17.5 Å². The van der Waals surface area contributed by atoms with E-state index >= 15 is 0 Å². The number of nitrogens with zero attached hydrogens (tertiary/aromatic N) is 1. The standard InChI is InChI=1S/C21H22N2O3/c1-15-7-9-17(10-8-15)23-20(24)18(16-5-3-2-4-6-16)19(21(23)25)22-11-13-26-14-12-22/h2-10,18-19H,11-14H2,1H3/p+1/t18-,19+/m0/s1. The van der Waals surface area contributed by atoms with Crippen LogP contribution in [0.4, 0.5) is 5.69 Å². The van der Waals surface area contributed by atoms with Crippen LogP contribution in [0.2, 0.25) is 0 Å². The van der Waals surface area contributed by atoms with Crippen LogP contribution in [0.25, 0.3) is 0 Å². The quantitative estimate of drug-likeness (QED) is 0.838. The smallest absolute Gasteiger partial charge is 0.293 e. The molecule has 2 heterocycles. The number of rotatable bonds is 3. The molecule has 0 aromatic heterocycles. The molecule has 0 bridgehead atoms. The second kappa shape index (κ2) is 7.02. The van der Waals surface area contributed by atoms with Crippen LogP contribution in [0.1, 0.15) is 17.0 Å². The first-order chi connectivity index (χ1) is 12.7. The fourth-order valence-corrected chi connectivity index (χ4v) is 3.97. The average Bonchev–Trinajstić information content (AvgIpc) is 2.94. The fraction of sp³-hybridized carbons (Fsp3) is 0.333. The van der Waals surface area contributed by atoms with Gasteiger partial charge in [-0.1, -0.05) is 48.0 Å². The zero-order valence-corrected chi connectivity index (χ0v) is 14.9. The first-order valence-corrected chi connectivity index (χ1v) is 9.08. The van der Waals surface area contributed by atoms with Gasteiger partial charge in [0.1, 0.15) is 19.0 Å². The van der Waals surface area contributed by atoms with Crippen molar-refractivity contribution in [3.05, 3.63) is 65.7 Å². The van der Waals surface area contributed by atoms with Crippen LogP contribution < -0.4 is 9.80 Å². The Balaban J connectivity index is 1.75. The number of amides is 2. The highest BCUT2D eigenvalue weighted by Crippen LogP contribution is 2.32. The molecular formula is C21H23N2O3+. The maximum absolute atomic E-state index is 13.3. The van der Waals surface area contributed by atoms with E-state index in [9.17, 15) is 9.59 Å². The maximum Gasteiger partial charge on any atom is 0.293 e. The first kappa shape index (κ1) is 16.9. The van der Waals surface area contributed by atoms with Crippen LogP contribution in [0.5, 0.6) is 0 Å². The molecule has 0 unspecified atom stereocenters. The topological polar surface area (TPSA) is 51.1 Å². The van der Waals surface area contributed by atoms with Gasteiger partial charge in [-0.15, -0.1) is 0 Å². The zero-order chi connectivity index (χ0) is 18.1. The average molecular weight is 351 g/mol. The van der Waals surface area contributed by atoms with Crippen molar-refractivity contribution < 1.29 is 19.2 Å². The minimum Gasteiger partial charge on any atom is -0.370 e. The van der Waals surface area contributed by atoms with Crippen molar-refractivity contribution in [1.82, 2.24) is 0 Å². The number of nitrogens with one attached hydrogen (secondary N) is 1. The first-order valence-electron chi connectivity index (χ1n) is 9.08. The zero-order valence-electron chi connectivity index (χ0n) is 14.9. The van der Waals surface area contributed by atoms with Gasteiger partial charge in [0.25, 0.3) is 5.91 Å². The molecule has 5 heteroatoms. The van der Waals surface area contributed by atoms with Gasteiger partial charge in [-0.2, -0.15) is 0 Å². The van der Waals surface area contributed by atoms with E-state index in [1.54, 1.807) is 0 Å². The number of benzene rings is 2. The normalized spacial score (nSPS) is 24.3. The molecule has 5 nitrogen and oxygen atoms in total. The molecule has 2 atom stereocenters. The van der Waals surface area contributed by atoms with Gasteiger partial charge in [-0.25, -0.2) is 4.90 Å². The molecule has 2 aliphatic rings. The summed E-state index contributed by atoms with van der Waals surface area (Å²) in [6.07, 6.45) is 0. The van der Waals surface area contributed by atoms with Crippen molar-refractivity contribution in [1.29, 1.82) is 0 Å². The summed E-state index contributed by atoms with van der Waals surface area (Å²) in [6, 6.07) is 16.8. The SMILES string of the molecule is Cc1ccc(N2C(=O)[C@@H](c3ccccc3)[C@@H]([NH+]3CCOCC3)C2=O)cc1. The Labute approximate surface area is 153 Å². The molecule has 0 aliphatic carbocycles. The molecular weight excluding hydrogens is 328 g/mol. The molecule has 4 rings (SSSR count). The summed E-state index contributed by atoms with van der Waals surface area (Å²) in [5.74, 6) is -0.684. The Bertz CT molecular complexity index is 798. The van der Waals surface area contributed by atoms with Crippen molar-refractivity contribution in [2.75, 3.05) is 31.2 Å². The minimum atomic E-state index is -0.446. The van der Waals surface area contributed by atoms with Gasteiger partial charge < -0.3 is 9.64 Å². The minimum absolute atomic E-state index is 0.107. The van der Waals surface area contributed by atoms with Crippen LogP contribution in [0, 0.1) is 6.92 Å². The number of carbonyl (C=O) groups is 2. The summed E-state index contributed by atoms with van der Waals surface area (Å²) in [5, 5.41) is 0. The lowest BCUT2D eigenvalue weighted by Gasteiger charge is -2.30. The number of carbonyl (C=O) groups excluding carboxylic acids is 2. The Morgan fingerprint density at radius 1 is 0.923 bits per heavy atom. The Morgan fingerprint density at radius 3 is 2.23 bits per heavy atom. The third-order valence-corrected chi connectivity index (χ3v) is 5.33. The van der Waals surface area contributed by atoms with E-state index in [-0.39, 0.29) is 11.8 Å². The highest BCUT2D eigenvalue weighted by Gasteiger charge is 2.54. The monoisotopic (exact) mass is 351 g/mol. The molecule has 2 aromatic rings. The summed E-state index contributed by atoms with van der Waals surface area (Å²) >= 11 is 0. The Kier molecular flexibility index (Phi) is 4.57. The molecule has 2 fully saturated rings. The van der Waals surface area contributed by atoms with E-state index in [2.05, 4.69) is 0 Å². The second-order valence-corrected chi connectivity index (χ2v) is 6.98. The highest BCUT2D eigenvalue weighted by molar-refractivity contribution is 6.24. The van der Waals surface area contributed by atoms with E-state index in [4.69, 9.17) is 4.74 Å². The van der Waals surface area contributed by atoms with Gasteiger partial charge in [0.15, 0.2) is 6.04 Å². The number of hydrogen-bond donors (Lipinski definition) is 1. The summed E-state index contributed by atoms with van der Waals surface area (Å²) < 4.78 is 5.46. The van der Waals surface area contributed by atoms with Gasteiger partial charge in [0, 0.05) is 0 Å². The lowest BCUT2D eigenvalue weighted by molar-refractivity contribution is -0.923. The van der Waals surface area contributed by atoms with E-state index in [0.29, 0.717) is 18.9 Å². The van der Waals surface area contributed by atoms with Crippen LogP contribution in [-0.2, 0) is 14.3 Å². The van der Waals surface area contributed by atoms with Crippen LogP contribution in [-0.4, -0.2) is 44.2 Å². The number of anilines is 1. The highest BCUT2D eigenvalue weighted by atomic mass is 16.5. The lowest BCUT2D eigenvalue weighted by atomic mass is 9.92. The molecule has 2 aliphatic heterocycles. The van der Waals surface area contributed by atoms with Crippen molar-refractivity contribution in [3.8, 4) is 0 Å². The van der Waals surface area contributed by atoms with Gasteiger partial charge in [-0.3, -0.25) is 9.59 Å². The van der Waals surface area contributed by atoms with E-state index in [0.717, 1.165) is 29.1 Å². The second-order valence-electron chi connectivity index (χ2n) is 6.98. The number of hydrogen-bond acceptors (Lipinski definition) is 3. The summed E-state index contributed by atoms with van der Waals surface area (Å²) in [7, 11) is 0. The number of ether oxygens (including phenoxy) is 1. The third kappa shape index (κ3) is 2.93. The number of aryl methyl sites for hydroxylation is 1. The predicted octanol–water partition coefficient (Wildman–Crippen LogP) is 0.936. The third-order valence-electron chi connectivity index (χ3n) is 5.33. The van der Waals surface area contributed by atoms with E-state index in [1.807, 2.05) is 61.5 Å². The molecule has 2 amide bonds. The van der Waals surface area contributed by atoms with Crippen LogP contribution >= 0.6 is 0 Å². The van der Waals surface area contributed by atoms with Gasteiger partial charge in [-0.05, 0) is 24.6 Å². The largest absolute Gasteiger partial charge is 0.370 e. The Morgan fingerprint density at radius 2 is 1.58 bits per heavy atom. The summed E-state index contributed by atoms with van der Waals surface area (Å²) in [6.45, 7) is 4.73. The van der Waals surface area contributed by atoms with Crippen molar-refractivity contribution in [2.24, 2.45) is 0 Å². The van der Waals surface area contributed by atoms with Gasteiger partial charge in [0.2, 0.25) is 5.91 Å². The van der Waals surface area contributed by atoms with E-state index < -0.39 is 12.0 Å². The van der Waals surface area contributed by atoms with Crippen LogP contribution in [0.15, 0.2) is 54.6 Å². The number of imide groups is 1. The number of morpholine rings is 1. The van der Waals surface area contributed by atoms with E-state index in [1.165, 1.54) is 4.90 Å². The van der Waals surface area contributed by atoms with Gasteiger partial charge in [0.05, 0.1) is 18.9 Å². The molecule has 2 saturated heterocycles. The molecule has 0 spiro atoms. The number of quaternary nitrogens is 1. The van der Waals surface area contributed by atoms with Crippen molar-refractivity contribution in [2.45, 2.75) is 18.9 Å². The predicted molar refractivity (Wildman–Crippen MR) is 98.2 cm³/mol. The molecule has 26 heavy (non-hydrogen) atoms. The molecule has 0 radical (unpaired) electrons. The lowest BCUT2D eigenvalue weighted by Crippen LogP contribution is -3.19.